The van der Waals surface area contributed by atoms with Gasteiger partial charge in [-0.05, 0) is 75.5 Å². The molecule has 1 aliphatic rings. The Balaban J connectivity index is 2.29. The van der Waals surface area contributed by atoms with Crippen LogP contribution in [0.25, 0.3) is 0 Å². The lowest BCUT2D eigenvalue weighted by molar-refractivity contribution is 0.0531. The summed E-state index contributed by atoms with van der Waals surface area (Å²) in [7, 11) is 0. The van der Waals surface area contributed by atoms with Crippen LogP contribution >= 0.6 is 38.5 Å². The van der Waals surface area contributed by atoms with Gasteiger partial charge in [0.15, 0.2) is 0 Å². The number of hydrogen-bond donors (Lipinski definition) is 1. The average Bonchev–Trinajstić information content (AvgIpc) is 2.40. The number of rotatable bonds is 2. The predicted molar refractivity (Wildman–Crippen MR) is 89.1 cm³/mol. The maximum atomic E-state index is 12.7. The van der Waals surface area contributed by atoms with Crippen molar-refractivity contribution in [3.8, 4) is 0 Å². The first-order chi connectivity index (χ1) is 9.04. The summed E-state index contributed by atoms with van der Waals surface area (Å²) >= 11 is 5.70. The topological polar surface area (TPSA) is 46.3 Å². The highest BCUT2D eigenvalue weighted by molar-refractivity contribution is 14.1. The van der Waals surface area contributed by atoms with Gasteiger partial charge in [0.2, 0.25) is 0 Å². The second-order valence-corrected chi connectivity index (χ2v) is 7.15. The van der Waals surface area contributed by atoms with Crippen molar-refractivity contribution in [1.29, 1.82) is 0 Å². The molecule has 0 aliphatic carbocycles. The molecule has 0 spiro atoms. The van der Waals surface area contributed by atoms with Crippen LogP contribution in [0.5, 0.6) is 0 Å². The Hall–Kier alpha value is -0.140. The molecule has 5 heteroatoms. The fourth-order valence-corrected chi connectivity index (χ4v) is 3.58. The molecule has 2 unspecified atom stereocenters. The maximum absolute atomic E-state index is 12.7. The molecule has 0 bridgehead atoms. The second-order valence-electron chi connectivity index (χ2n) is 5.05. The van der Waals surface area contributed by atoms with Crippen LogP contribution in [0, 0.1) is 9.49 Å². The standard InChI is InChI=1S/C14H18BrIN2O/c1-9-3-2-6-18(13(9)8-17)14(19)11-7-10(16)4-5-12(11)15/h4-5,7,9,13H,2-3,6,8,17H2,1H3. The number of carbonyl (C=O) groups is 1. The van der Waals surface area contributed by atoms with E-state index < -0.39 is 0 Å². The molecule has 1 aliphatic heterocycles. The lowest BCUT2D eigenvalue weighted by atomic mass is 9.90. The van der Waals surface area contributed by atoms with Crippen molar-refractivity contribution in [2.45, 2.75) is 25.8 Å². The molecule has 3 nitrogen and oxygen atoms in total. The molecule has 2 atom stereocenters. The summed E-state index contributed by atoms with van der Waals surface area (Å²) in [5.74, 6) is 0.566. The minimum atomic E-state index is 0.0902. The number of benzene rings is 1. The Morgan fingerprint density at radius 3 is 3.00 bits per heavy atom. The molecule has 2 rings (SSSR count). The molecular weight excluding hydrogens is 419 g/mol. The highest BCUT2D eigenvalue weighted by atomic mass is 127. The highest BCUT2D eigenvalue weighted by Crippen LogP contribution is 2.27. The van der Waals surface area contributed by atoms with Crippen molar-refractivity contribution in [3.05, 3.63) is 31.8 Å². The molecule has 2 N–H and O–H groups in total. The lowest BCUT2D eigenvalue weighted by Crippen LogP contribution is -2.51. The Labute approximate surface area is 136 Å². The fraction of sp³-hybridized carbons (Fsp3) is 0.500. The van der Waals surface area contributed by atoms with Gasteiger partial charge in [0.05, 0.1) is 5.56 Å². The van der Waals surface area contributed by atoms with E-state index in [1.54, 1.807) is 0 Å². The van der Waals surface area contributed by atoms with Crippen molar-refractivity contribution in [1.82, 2.24) is 4.90 Å². The summed E-state index contributed by atoms with van der Waals surface area (Å²) in [4.78, 5) is 14.7. The molecule has 19 heavy (non-hydrogen) atoms. The van der Waals surface area contributed by atoms with E-state index in [-0.39, 0.29) is 11.9 Å². The molecule has 104 valence electrons. The van der Waals surface area contributed by atoms with Gasteiger partial charge >= 0.3 is 0 Å². The van der Waals surface area contributed by atoms with Gasteiger partial charge in [-0.1, -0.05) is 6.92 Å². The van der Waals surface area contributed by atoms with Gasteiger partial charge in [-0.15, -0.1) is 0 Å². The van der Waals surface area contributed by atoms with E-state index in [9.17, 15) is 4.79 Å². The number of likely N-dealkylation sites (tertiary alicyclic amines) is 1. The van der Waals surface area contributed by atoms with Gasteiger partial charge in [0.1, 0.15) is 0 Å². The first-order valence-corrected chi connectivity index (χ1v) is 8.38. The van der Waals surface area contributed by atoms with Crippen molar-refractivity contribution in [2.24, 2.45) is 11.7 Å². The number of amides is 1. The van der Waals surface area contributed by atoms with E-state index in [1.807, 2.05) is 23.1 Å². The molecule has 1 aromatic rings. The third-order valence-corrected chi connectivity index (χ3v) is 5.14. The predicted octanol–water partition coefficient (Wildman–Crippen LogP) is 3.25. The number of piperidine rings is 1. The SMILES string of the molecule is CC1CCCN(C(=O)c2cc(I)ccc2Br)C1CN. The van der Waals surface area contributed by atoms with Crippen LogP contribution in [0.2, 0.25) is 0 Å². The summed E-state index contributed by atoms with van der Waals surface area (Å²) in [6.07, 6.45) is 2.21. The number of nitrogens with zero attached hydrogens (tertiary/aromatic N) is 1. The zero-order valence-electron chi connectivity index (χ0n) is 10.9. The highest BCUT2D eigenvalue weighted by Gasteiger charge is 2.31. The van der Waals surface area contributed by atoms with Gasteiger partial charge in [-0.3, -0.25) is 4.79 Å². The van der Waals surface area contributed by atoms with Crippen LogP contribution in [0.4, 0.5) is 0 Å². The average molecular weight is 437 g/mol. The number of halogens is 2. The Bertz CT molecular complexity index is 481. The summed E-state index contributed by atoms with van der Waals surface area (Å²) in [5, 5.41) is 0. The third-order valence-electron chi connectivity index (χ3n) is 3.78. The largest absolute Gasteiger partial charge is 0.334 e. The van der Waals surface area contributed by atoms with E-state index in [2.05, 4.69) is 45.4 Å². The molecular formula is C14H18BrIN2O. The molecule has 1 fully saturated rings. The van der Waals surface area contributed by atoms with Gasteiger partial charge in [-0.2, -0.15) is 0 Å². The molecule has 1 aromatic carbocycles. The molecule has 0 saturated carbocycles. The van der Waals surface area contributed by atoms with Crippen molar-refractivity contribution < 1.29 is 4.79 Å². The first kappa shape index (κ1) is 15.3. The summed E-state index contributed by atoms with van der Waals surface area (Å²) in [5.41, 5.74) is 6.60. The van der Waals surface area contributed by atoms with Gasteiger partial charge in [-0.25, -0.2) is 0 Å². The lowest BCUT2D eigenvalue weighted by Gasteiger charge is -2.39. The quantitative estimate of drug-likeness (QED) is 0.723. The third kappa shape index (κ3) is 3.31. The summed E-state index contributed by atoms with van der Waals surface area (Å²) in [6.45, 7) is 3.53. The zero-order chi connectivity index (χ0) is 14.0. The minimum Gasteiger partial charge on any atom is -0.334 e. The molecule has 1 saturated heterocycles. The van der Waals surface area contributed by atoms with Crippen LogP contribution in [0.3, 0.4) is 0 Å². The number of nitrogens with two attached hydrogens (primary N) is 1. The number of carbonyl (C=O) groups excluding carboxylic acids is 1. The zero-order valence-corrected chi connectivity index (χ0v) is 14.6. The monoisotopic (exact) mass is 436 g/mol. The normalized spacial score (nSPS) is 23.5. The summed E-state index contributed by atoms with van der Waals surface area (Å²) < 4.78 is 1.92. The summed E-state index contributed by atoms with van der Waals surface area (Å²) in [6, 6.07) is 6.01. The van der Waals surface area contributed by atoms with E-state index in [0.717, 1.165) is 33.0 Å². The second kappa shape index (κ2) is 6.54. The fourth-order valence-electron chi connectivity index (χ4n) is 2.68. The Kier molecular flexibility index (Phi) is 5.25. The smallest absolute Gasteiger partial charge is 0.255 e. The molecule has 1 heterocycles. The first-order valence-electron chi connectivity index (χ1n) is 6.50. The van der Waals surface area contributed by atoms with Crippen LogP contribution in [0.15, 0.2) is 22.7 Å². The van der Waals surface area contributed by atoms with Crippen molar-refractivity contribution >= 4 is 44.4 Å². The van der Waals surface area contributed by atoms with Crippen molar-refractivity contribution in [2.75, 3.05) is 13.1 Å². The molecule has 0 aromatic heterocycles. The van der Waals surface area contributed by atoms with Crippen LogP contribution in [-0.2, 0) is 0 Å². The van der Waals surface area contributed by atoms with Gasteiger partial charge in [0.25, 0.3) is 5.91 Å². The Morgan fingerprint density at radius 2 is 2.32 bits per heavy atom. The maximum Gasteiger partial charge on any atom is 0.255 e. The minimum absolute atomic E-state index is 0.0902. The van der Waals surface area contributed by atoms with Gasteiger partial charge < -0.3 is 10.6 Å². The Morgan fingerprint density at radius 1 is 1.58 bits per heavy atom. The van der Waals surface area contributed by atoms with Crippen molar-refractivity contribution in [3.63, 3.8) is 0 Å². The van der Waals surface area contributed by atoms with Crippen LogP contribution in [0.1, 0.15) is 30.1 Å². The van der Waals surface area contributed by atoms with E-state index in [0.29, 0.717) is 12.5 Å². The number of hydrogen-bond acceptors (Lipinski definition) is 2. The van der Waals surface area contributed by atoms with Crippen LogP contribution in [-0.4, -0.2) is 29.9 Å². The van der Waals surface area contributed by atoms with E-state index >= 15 is 0 Å². The van der Waals surface area contributed by atoms with E-state index in [4.69, 9.17) is 5.73 Å². The van der Waals surface area contributed by atoms with Crippen LogP contribution < -0.4 is 5.73 Å². The van der Waals surface area contributed by atoms with E-state index in [1.165, 1.54) is 0 Å². The molecule has 0 radical (unpaired) electrons. The molecule has 1 amide bonds. The van der Waals surface area contributed by atoms with Gasteiger partial charge in [0, 0.05) is 27.2 Å².